The number of hydrogen-bond acceptors (Lipinski definition) is 3. The number of aromatic amines is 1. The first kappa shape index (κ1) is 19.4. The van der Waals surface area contributed by atoms with E-state index >= 15 is 0 Å². The van der Waals surface area contributed by atoms with Gasteiger partial charge in [-0.3, -0.25) is 14.7 Å². The van der Waals surface area contributed by atoms with E-state index in [4.69, 9.17) is 0 Å². The maximum absolute atomic E-state index is 13.7. The molecule has 0 saturated heterocycles. The van der Waals surface area contributed by atoms with Gasteiger partial charge < -0.3 is 5.32 Å². The molecule has 30 heavy (non-hydrogen) atoms. The third-order valence-electron chi connectivity index (χ3n) is 4.57. The minimum absolute atomic E-state index is 0.0262. The summed E-state index contributed by atoms with van der Waals surface area (Å²) in [6, 6.07) is 16.2. The molecular formula is C21H15F3N4O2. The fraction of sp³-hybridized carbons (Fsp3) is 0.0952. The molecule has 6 nitrogen and oxygen atoms in total. The summed E-state index contributed by atoms with van der Waals surface area (Å²) in [5, 5.41) is 4.65. The monoisotopic (exact) mass is 412 g/mol. The molecule has 0 radical (unpaired) electrons. The Balaban J connectivity index is 1.93. The quantitative estimate of drug-likeness (QED) is 0.528. The highest BCUT2D eigenvalue weighted by atomic mass is 19.4. The molecular weight excluding hydrogens is 397 g/mol. The number of nitrogens with one attached hydrogen (secondary N) is 2. The van der Waals surface area contributed by atoms with Crippen molar-refractivity contribution in [3.8, 4) is 11.1 Å². The molecule has 152 valence electrons. The van der Waals surface area contributed by atoms with Gasteiger partial charge in [0.2, 0.25) is 0 Å². The van der Waals surface area contributed by atoms with Gasteiger partial charge in [-0.1, -0.05) is 48.5 Å². The lowest BCUT2D eigenvalue weighted by Crippen LogP contribution is -2.29. The van der Waals surface area contributed by atoms with Gasteiger partial charge in [0.15, 0.2) is 5.65 Å². The summed E-state index contributed by atoms with van der Waals surface area (Å²) < 4.78 is 41.8. The van der Waals surface area contributed by atoms with Gasteiger partial charge in [0.25, 0.3) is 11.5 Å². The Morgan fingerprint density at radius 3 is 2.23 bits per heavy atom. The lowest BCUT2D eigenvalue weighted by Gasteiger charge is -2.08. The summed E-state index contributed by atoms with van der Waals surface area (Å²) in [5.41, 5.74) is -2.11. The molecule has 2 aromatic heterocycles. The third-order valence-corrected chi connectivity index (χ3v) is 4.57. The number of rotatable bonds is 3. The maximum Gasteiger partial charge on any atom is 0.433 e. The van der Waals surface area contributed by atoms with Crippen LogP contribution in [0.25, 0.3) is 16.8 Å². The number of carbonyl (C=O) groups excluding carboxylic acids is 1. The van der Waals surface area contributed by atoms with Crippen molar-refractivity contribution in [3.63, 3.8) is 0 Å². The van der Waals surface area contributed by atoms with E-state index in [1.54, 1.807) is 48.5 Å². The zero-order valence-corrected chi connectivity index (χ0v) is 15.6. The number of amides is 1. The Hall–Kier alpha value is -3.88. The second kappa shape index (κ2) is 7.18. The van der Waals surface area contributed by atoms with E-state index < -0.39 is 23.3 Å². The van der Waals surface area contributed by atoms with Crippen LogP contribution in [0.2, 0.25) is 0 Å². The molecule has 2 N–H and O–H groups in total. The van der Waals surface area contributed by atoms with Crippen LogP contribution in [0.3, 0.4) is 0 Å². The van der Waals surface area contributed by atoms with Crippen LogP contribution in [0.1, 0.15) is 21.7 Å². The summed E-state index contributed by atoms with van der Waals surface area (Å²) in [5.74, 6) is -0.755. The fourth-order valence-electron chi connectivity index (χ4n) is 3.24. The zero-order valence-electron chi connectivity index (χ0n) is 15.6. The molecule has 0 unspecified atom stereocenters. The molecule has 4 rings (SSSR count). The van der Waals surface area contributed by atoms with Crippen LogP contribution in [0.15, 0.2) is 65.5 Å². The highest BCUT2D eigenvalue weighted by Gasteiger charge is 2.38. The predicted octanol–water partition coefficient (Wildman–Crippen LogP) is 4.27. The topological polar surface area (TPSA) is 79.3 Å². The van der Waals surface area contributed by atoms with Crippen LogP contribution in [-0.4, -0.2) is 20.5 Å². The van der Waals surface area contributed by atoms with Crippen LogP contribution in [0.5, 0.6) is 0 Å². The third kappa shape index (κ3) is 3.34. The molecule has 9 heteroatoms. The van der Waals surface area contributed by atoms with E-state index in [0.717, 1.165) is 0 Å². The van der Waals surface area contributed by atoms with Gasteiger partial charge in [0, 0.05) is 5.69 Å². The van der Waals surface area contributed by atoms with Crippen LogP contribution in [0.4, 0.5) is 18.9 Å². The SMILES string of the molecule is Cc1nc2c(-c3ccccc3)c(C(F)(F)F)[nH]n2c(=O)c1C(=O)Nc1ccccc1. The highest BCUT2D eigenvalue weighted by Crippen LogP contribution is 2.38. The number of aryl methyl sites for hydroxylation is 1. The second-order valence-corrected chi connectivity index (χ2v) is 6.58. The van der Waals surface area contributed by atoms with E-state index in [2.05, 4.69) is 15.4 Å². The number of H-pyrrole nitrogens is 1. The Morgan fingerprint density at radius 2 is 1.63 bits per heavy atom. The standard InChI is InChI=1S/C21H15F3N4O2/c1-12-15(19(29)26-14-10-6-3-7-11-14)20(30)28-18(25-12)16(13-8-4-2-5-9-13)17(27-28)21(22,23)24/h2-11,27H,1H3,(H,26,29). The molecule has 2 heterocycles. The van der Waals surface area contributed by atoms with Crippen molar-refractivity contribution in [3.05, 3.63) is 88.0 Å². The molecule has 0 atom stereocenters. The first-order chi connectivity index (χ1) is 14.3. The van der Waals surface area contributed by atoms with Gasteiger partial charge >= 0.3 is 6.18 Å². The zero-order chi connectivity index (χ0) is 21.5. The van der Waals surface area contributed by atoms with Crippen LogP contribution in [0, 0.1) is 6.92 Å². The smallest absolute Gasteiger partial charge is 0.322 e. The van der Waals surface area contributed by atoms with Crippen molar-refractivity contribution < 1.29 is 18.0 Å². The molecule has 0 saturated carbocycles. The highest BCUT2D eigenvalue weighted by molar-refractivity contribution is 6.05. The molecule has 1 amide bonds. The Morgan fingerprint density at radius 1 is 1.03 bits per heavy atom. The Kier molecular flexibility index (Phi) is 4.65. The summed E-state index contributed by atoms with van der Waals surface area (Å²) in [6.07, 6.45) is -4.76. The molecule has 4 aromatic rings. The number of para-hydroxylation sites is 1. The average molecular weight is 412 g/mol. The van der Waals surface area contributed by atoms with E-state index in [0.29, 0.717) is 10.2 Å². The number of halogens is 3. The first-order valence-electron chi connectivity index (χ1n) is 8.91. The molecule has 0 aliphatic heterocycles. The van der Waals surface area contributed by atoms with Crippen LogP contribution >= 0.6 is 0 Å². The van der Waals surface area contributed by atoms with E-state index in [1.165, 1.54) is 19.1 Å². The van der Waals surface area contributed by atoms with E-state index in [-0.39, 0.29) is 28.0 Å². The average Bonchev–Trinajstić information content (AvgIpc) is 3.09. The maximum atomic E-state index is 13.7. The van der Waals surface area contributed by atoms with Crippen molar-refractivity contribution in [1.82, 2.24) is 14.6 Å². The van der Waals surface area contributed by atoms with E-state index in [9.17, 15) is 22.8 Å². The Bertz CT molecular complexity index is 1290. The summed E-state index contributed by atoms with van der Waals surface area (Å²) in [6.45, 7) is 1.41. The summed E-state index contributed by atoms with van der Waals surface area (Å²) in [4.78, 5) is 29.8. The molecule has 0 spiro atoms. The van der Waals surface area contributed by atoms with Crippen molar-refractivity contribution in [2.45, 2.75) is 13.1 Å². The predicted molar refractivity (Wildman–Crippen MR) is 105 cm³/mol. The minimum Gasteiger partial charge on any atom is -0.322 e. The van der Waals surface area contributed by atoms with Crippen molar-refractivity contribution in [2.24, 2.45) is 0 Å². The molecule has 0 fully saturated rings. The van der Waals surface area contributed by atoms with Gasteiger partial charge in [-0.2, -0.15) is 17.7 Å². The minimum atomic E-state index is -4.76. The van der Waals surface area contributed by atoms with Gasteiger partial charge in [0.1, 0.15) is 11.3 Å². The van der Waals surface area contributed by atoms with Crippen molar-refractivity contribution in [2.75, 3.05) is 5.32 Å². The van der Waals surface area contributed by atoms with Crippen molar-refractivity contribution >= 4 is 17.2 Å². The lowest BCUT2D eigenvalue weighted by atomic mass is 10.1. The van der Waals surface area contributed by atoms with E-state index in [1.807, 2.05) is 0 Å². The molecule has 0 bridgehead atoms. The number of fused-ring (bicyclic) bond motifs is 1. The first-order valence-corrected chi connectivity index (χ1v) is 8.91. The van der Waals surface area contributed by atoms with Gasteiger partial charge in [0.05, 0.1) is 11.3 Å². The second-order valence-electron chi connectivity index (χ2n) is 6.58. The van der Waals surface area contributed by atoms with Gasteiger partial charge in [-0.05, 0) is 24.6 Å². The largest absolute Gasteiger partial charge is 0.433 e. The summed E-state index contributed by atoms with van der Waals surface area (Å²) >= 11 is 0. The summed E-state index contributed by atoms with van der Waals surface area (Å²) in [7, 11) is 0. The molecule has 0 aliphatic rings. The normalized spacial score (nSPS) is 11.6. The number of benzene rings is 2. The van der Waals surface area contributed by atoms with Crippen molar-refractivity contribution in [1.29, 1.82) is 0 Å². The van der Waals surface area contributed by atoms with Crippen LogP contribution < -0.4 is 10.9 Å². The fourth-order valence-corrected chi connectivity index (χ4v) is 3.24. The number of aromatic nitrogens is 3. The number of alkyl halides is 3. The number of nitrogens with zero attached hydrogens (tertiary/aromatic N) is 2. The Labute approximate surface area is 168 Å². The number of carbonyl (C=O) groups is 1. The van der Waals surface area contributed by atoms with Crippen LogP contribution in [-0.2, 0) is 6.18 Å². The number of hydrogen-bond donors (Lipinski definition) is 2. The number of anilines is 1. The van der Waals surface area contributed by atoms with Gasteiger partial charge in [-0.15, -0.1) is 0 Å². The molecule has 2 aromatic carbocycles. The van der Waals surface area contributed by atoms with Gasteiger partial charge in [-0.25, -0.2) is 4.98 Å². The molecule has 0 aliphatic carbocycles. The lowest BCUT2D eigenvalue weighted by molar-refractivity contribution is -0.140.